The van der Waals surface area contributed by atoms with Crippen LogP contribution in [-0.2, 0) is 22.3 Å². The summed E-state index contributed by atoms with van der Waals surface area (Å²) >= 11 is 4.86. The predicted molar refractivity (Wildman–Crippen MR) is 78.2 cm³/mol. The summed E-state index contributed by atoms with van der Waals surface area (Å²) in [5, 5.41) is 6.21. The van der Waals surface area contributed by atoms with Crippen molar-refractivity contribution in [3.8, 4) is 0 Å². The Morgan fingerprint density at radius 3 is 2.90 bits per heavy atom. The normalized spacial score (nSPS) is 11.4. The Hall–Kier alpha value is -1.84. The van der Waals surface area contributed by atoms with E-state index in [0.29, 0.717) is 17.0 Å². The van der Waals surface area contributed by atoms with Crippen molar-refractivity contribution in [1.29, 1.82) is 0 Å². The summed E-state index contributed by atoms with van der Waals surface area (Å²) < 4.78 is 26.3. The van der Waals surface area contributed by atoms with E-state index < -0.39 is 10.0 Å². The number of rotatable bonds is 6. The highest BCUT2D eigenvalue weighted by atomic mass is 32.2. The Balaban J connectivity index is 2.04. The topological polar surface area (TPSA) is 114 Å². The third-order valence-corrected chi connectivity index (χ3v) is 4.03. The highest BCUT2D eigenvalue weighted by Crippen LogP contribution is 2.09. The van der Waals surface area contributed by atoms with Gasteiger partial charge in [-0.3, -0.25) is 5.10 Å². The Morgan fingerprint density at radius 1 is 1.45 bits per heavy atom. The summed E-state index contributed by atoms with van der Waals surface area (Å²) in [4.78, 5) is 4.07. The lowest BCUT2D eigenvalue weighted by Gasteiger charge is -2.06. The Morgan fingerprint density at radius 2 is 2.25 bits per heavy atom. The van der Waals surface area contributed by atoms with E-state index >= 15 is 0 Å². The highest BCUT2D eigenvalue weighted by molar-refractivity contribution is 7.88. The molecule has 0 bridgehead atoms. The molecule has 106 valence electrons. The molecule has 0 amide bonds. The van der Waals surface area contributed by atoms with E-state index in [0.717, 1.165) is 0 Å². The van der Waals surface area contributed by atoms with Gasteiger partial charge >= 0.3 is 0 Å². The lowest BCUT2D eigenvalue weighted by atomic mass is 10.1. The van der Waals surface area contributed by atoms with Crippen LogP contribution in [0.5, 0.6) is 0 Å². The number of sulfonamides is 1. The summed E-state index contributed by atoms with van der Waals surface area (Å²) in [6.45, 7) is 0.0668. The number of aromatic amines is 1. The molecule has 1 aromatic carbocycles. The molecular weight excluding hydrogens is 298 g/mol. The van der Waals surface area contributed by atoms with Gasteiger partial charge in [0.15, 0.2) is 0 Å². The first-order valence-electron chi connectivity index (χ1n) is 5.66. The minimum absolute atomic E-state index is 0.0668. The fraction of sp³-hybridized carbons (Fsp3) is 0.182. The molecule has 20 heavy (non-hydrogen) atoms. The molecule has 0 spiro atoms. The van der Waals surface area contributed by atoms with E-state index in [1.165, 1.54) is 6.33 Å². The maximum atomic E-state index is 11.9. The maximum absolute atomic E-state index is 11.9. The SMILES string of the molecule is NC(=S)c1cccc(CS(=O)(=O)NCc2ncn[nH]2)c1. The monoisotopic (exact) mass is 311 g/mol. The first-order chi connectivity index (χ1) is 9.46. The zero-order valence-corrected chi connectivity index (χ0v) is 12.0. The molecule has 2 aromatic rings. The summed E-state index contributed by atoms with van der Waals surface area (Å²) in [6.07, 6.45) is 1.31. The summed E-state index contributed by atoms with van der Waals surface area (Å²) in [7, 11) is -3.48. The van der Waals surface area contributed by atoms with Crippen molar-refractivity contribution in [2.75, 3.05) is 0 Å². The largest absolute Gasteiger partial charge is 0.389 e. The van der Waals surface area contributed by atoms with Gasteiger partial charge in [-0.15, -0.1) is 0 Å². The highest BCUT2D eigenvalue weighted by Gasteiger charge is 2.12. The van der Waals surface area contributed by atoms with Crippen LogP contribution >= 0.6 is 12.2 Å². The van der Waals surface area contributed by atoms with Gasteiger partial charge in [-0.25, -0.2) is 18.1 Å². The number of H-pyrrole nitrogens is 1. The molecule has 0 fully saturated rings. The van der Waals surface area contributed by atoms with E-state index in [-0.39, 0.29) is 17.3 Å². The van der Waals surface area contributed by atoms with Gasteiger partial charge in [0.2, 0.25) is 10.0 Å². The summed E-state index contributed by atoms with van der Waals surface area (Å²) in [5.74, 6) is 0.294. The number of nitrogens with one attached hydrogen (secondary N) is 2. The molecule has 9 heteroatoms. The number of thiocarbonyl (C=S) groups is 1. The van der Waals surface area contributed by atoms with Crippen molar-refractivity contribution >= 4 is 27.2 Å². The lowest BCUT2D eigenvalue weighted by molar-refractivity contribution is 0.578. The van der Waals surface area contributed by atoms with Crippen LogP contribution in [0.1, 0.15) is 17.0 Å². The van der Waals surface area contributed by atoms with E-state index in [9.17, 15) is 8.42 Å². The minimum Gasteiger partial charge on any atom is -0.389 e. The predicted octanol–water partition coefficient (Wildman–Crippen LogP) is 0.0585. The molecule has 4 N–H and O–H groups in total. The molecule has 2 rings (SSSR count). The smallest absolute Gasteiger partial charge is 0.216 e. The molecule has 0 aliphatic rings. The Bertz CT molecular complexity index is 697. The Kier molecular flexibility index (Phi) is 4.42. The van der Waals surface area contributed by atoms with E-state index in [1.807, 2.05) is 0 Å². The molecule has 0 unspecified atom stereocenters. The van der Waals surface area contributed by atoms with Crippen LogP contribution in [0.25, 0.3) is 0 Å². The van der Waals surface area contributed by atoms with Crippen LogP contribution in [0.3, 0.4) is 0 Å². The zero-order valence-electron chi connectivity index (χ0n) is 10.4. The van der Waals surface area contributed by atoms with E-state index in [4.69, 9.17) is 18.0 Å². The molecule has 0 radical (unpaired) electrons. The molecule has 0 atom stereocenters. The number of benzene rings is 1. The second kappa shape index (κ2) is 6.07. The van der Waals surface area contributed by atoms with Gasteiger partial charge in [-0.05, 0) is 11.6 Å². The fourth-order valence-corrected chi connectivity index (χ4v) is 2.78. The minimum atomic E-state index is -3.48. The molecule has 7 nitrogen and oxygen atoms in total. The molecule has 0 saturated heterocycles. The average Bonchev–Trinajstić information content (AvgIpc) is 2.89. The van der Waals surface area contributed by atoms with Gasteiger partial charge < -0.3 is 5.73 Å². The van der Waals surface area contributed by atoms with Gasteiger partial charge in [-0.1, -0.05) is 30.4 Å². The maximum Gasteiger partial charge on any atom is 0.216 e. The van der Waals surface area contributed by atoms with Crippen LogP contribution in [0.15, 0.2) is 30.6 Å². The summed E-state index contributed by atoms with van der Waals surface area (Å²) in [6, 6.07) is 6.82. The van der Waals surface area contributed by atoms with Gasteiger partial charge in [-0.2, -0.15) is 5.10 Å². The number of aromatic nitrogens is 3. The van der Waals surface area contributed by atoms with Crippen molar-refractivity contribution in [3.63, 3.8) is 0 Å². The van der Waals surface area contributed by atoms with Crippen LogP contribution in [-0.4, -0.2) is 28.6 Å². The van der Waals surface area contributed by atoms with E-state index in [1.54, 1.807) is 24.3 Å². The summed E-state index contributed by atoms with van der Waals surface area (Å²) in [5.41, 5.74) is 6.77. The average molecular weight is 311 g/mol. The van der Waals surface area contributed by atoms with E-state index in [2.05, 4.69) is 19.9 Å². The third-order valence-electron chi connectivity index (χ3n) is 2.49. The van der Waals surface area contributed by atoms with Gasteiger partial charge in [0.1, 0.15) is 17.1 Å². The molecule has 0 aliphatic heterocycles. The van der Waals surface area contributed by atoms with Crippen molar-refractivity contribution in [1.82, 2.24) is 19.9 Å². The number of nitrogens with zero attached hydrogens (tertiary/aromatic N) is 2. The zero-order chi connectivity index (χ0) is 14.6. The van der Waals surface area contributed by atoms with Crippen molar-refractivity contribution in [2.45, 2.75) is 12.3 Å². The molecule has 1 heterocycles. The van der Waals surface area contributed by atoms with Gasteiger partial charge in [0.25, 0.3) is 0 Å². The number of hydrogen-bond donors (Lipinski definition) is 3. The molecular formula is C11H13N5O2S2. The van der Waals surface area contributed by atoms with Gasteiger partial charge in [0.05, 0.1) is 12.3 Å². The van der Waals surface area contributed by atoms with Crippen molar-refractivity contribution in [3.05, 3.63) is 47.5 Å². The first-order valence-corrected chi connectivity index (χ1v) is 7.73. The third kappa shape index (κ3) is 4.08. The first kappa shape index (κ1) is 14.6. The van der Waals surface area contributed by atoms with Crippen molar-refractivity contribution in [2.24, 2.45) is 5.73 Å². The Labute approximate surface area is 121 Å². The van der Waals surface area contributed by atoms with Gasteiger partial charge in [0, 0.05) is 5.56 Å². The molecule has 0 aliphatic carbocycles. The van der Waals surface area contributed by atoms with Crippen LogP contribution in [0.4, 0.5) is 0 Å². The molecule has 0 saturated carbocycles. The second-order valence-electron chi connectivity index (χ2n) is 4.08. The lowest BCUT2D eigenvalue weighted by Crippen LogP contribution is -2.25. The fourth-order valence-electron chi connectivity index (χ4n) is 1.58. The number of hydrogen-bond acceptors (Lipinski definition) is 5. The molecule has 1 aromatic heterocycles. The van der Waals surface area contributed by atoms with Crippen LogP contribution in [0, 0.1) is 0 Å². The quantitative estimate of drug-likeness (QED) is 0.650. The van der Waals surface area contributed by atoms with Crippen LogP contribution < -0.4 is 10.5 Å². The number of nitrogens with two attached hydrogens (primary N) is 1. The standard InChI is InChI=1S/C11H13N5O2S2/c12-11(19)9-3-1-2-8(4-9)6-20(17,18)15-5-10-13-7-14-16-10/h1-4,7,15H,5-6H2,(H2,12,19)(H,13,14,16). The second-order valence-corrected chi connectivity index (χ2v) is 6.32. The van der Waals surface area contributed by atoms with Crippen LogP contribution in [0.2, 0.25) is 0 Å². The van der Waals surface area contributed by atoms with Crippen molar-refractivity contribution < 1.29 is 8.42 Å².